The predicted molar refractivity (Wildman–Crippen MR) is 47.1 cm³/mol. The van der Waals surface area contributed by atoms with Crippen LogP contribution in [0.1, 0.15) is 0 Å². The van der Waals surface area contributed by atoms with E-state index in [2.05, 4.69) is 4.99 Å². The molecule has 0 saturated carbocycles. The molecule has 5 nitrogen and oxygen atoms in total. The molecule has 5 heteroatoms. The van der Waals surface area contributed by atoms with Crippen molar-refractivity contribution in [2.45, 2.75) is 6.17 Å². The third kappa shape index (κ3) is 1.55. The highest BCUT2D eigenvalue weighted by atomic mass is 16.5. The first-order chi connectivity index (χ1) is 6.27. The lowest BCUT2D eigenvalue weighted by atomic mass is 10.2. The van der Waals surface area contributed by atoms with Gasteiger partial charge in [-0.05, 0) is 6.08 Å². The van der Waals surface area contributed by atoms with Crippen molar-refractivity contribution < 1.29 is 9.53 Å². The molecule has 2 N–H and O–H groups in total. The van der Waals surface area contributed by atoms with Crippen molar-refractivity contribution in [2.24, 2.45) is 10.7 Å². The smallest absolute Gasteiger partial charge is 0.266 e. The first kappa shape index (κ1) is 8.25. The molecular formula is C8H11N3O2. The van der Waals surface area contributed by atoms with Gasteiger partial charge < -0.3 is 15.4 Å². The van der Waals surface area contributed by atoms with Crippen LogP contribution in [0.4, 0.5) is 0 Å². The third-order valence-corrected chi connectivity index (χ3v) is 2.11. The van der Waals surface area contributed by atoms with Gasteiger partial charge in [0, 0.05) is 12.7 Å². The number of primary amides is 1. The van der Waals surface area contributed by atoms with Gasteiger partial charge >= 0.3 is 0 Å². The van der Waals surface area contributed by atoms with E-state index in [1.165, 1.54) is 0 Å². The molecule has 2 heterocycles. The molecule has 0 aliphatic carbocycles. The van der Waals surface area contributed by atoms with Crippen LogP contribution in [0.5, 0.6) is 0 Å². The fraction of sp³-hybridized carbons (Fsp3) is 0.500. The molecule has 0 aromatic rings. The SMILES string of the molecule is NC(=O)C1=NC2COCCN2C=C1. The highest BCUT2D eigenvalue weighted by Gasteiger charge is 2.23. The number of amides is 1. The van der Waals surface area contributed by atoms with Gasteiger partial charge in [-0.3, -0.25) is 9.79 Å². The van der Waals surface area contributed by atoms with Crippen LogP contribution in [0, 0.1) is 0 Å². The summed E-state index contributed by atoms with van der Waals surface area (Å²) in [7, 11) is 0. The maximum Gasteiger partial charge on any atom is 0.266 e. The predicted octanol–water partition coefficient (Wildman–Crippen LogP) is -0.902. The summed E-state index contributed by atoms with van der Waals surface area (Å²) >= 11 is 0. The van der Waals surface area contributed by atoms with Crippen molar-refractivity contribution in [3.63, 3.8) is 0 Å². The zero-order valence-corrected chi connectivity index (χ0v) is 7.14. The quantitative estimate of drug-likeness (QED) is 0.570. The summed E-state index contributed by atoms with van der Waals surface area (Å²) < 4.78 is 5.23. The molecule has 0 spiro atoms. The lowest BCUT2D eigenvalue weighted by Gasteiger charge is -2.34. The molecule has 1 fully saturated rings. The summed E-state index contributed by atoms with van der Waals surface area (Å²) in [6.45, 7) is 2.06. The minimum atomic E-state index is -0.485. The summed E-state index contributed by atoms with van der Waals surface area (Å²) in [4.78, 5) is 17.0. The second kappa shape index (κ2) is 3.18. The molecule has 1 unspecified atom stereocenters. The Kier molecular flexibility index (Phi) is 2.02. The molecule has 1 amide bonds. The highest BCUT2D eigenvalue weighted by molar-refractivity contribution is 6.43. The minimum absolute atomic E-state index is 0.0683. The van der Waals surface area contributed by atoms with Gasteiger partial charge in [0.1, 0.15) is 11.9 Å². The Hall–Kier alpha value is -1.36. The van der Waals surface area contributed by atoms with Gasteiger partial charge in [-0.15, -0.1) is 0 Å². The van der Waals surface area contributed by atoms with E-state index in [0.717, 1.165) is 6.54 Å². The van der Waals surface area contributed by atoms with Crippen LogP contribution in [0.25, 0.3) is 0 Å². The lowest BCUT2D eigenvalue weighted by molar-refractivity contribution is -0.112. The maximum atomic E-state index is 10.8. The van der Waals surface area contributed by atoms with Gasteiger partial charge in [0.05, 0.1) is 13.2 Å². The minimum Gasteiger partial charge on any atom is -0.375 e. The number of fused-ring (bicyclic) bond motifs is 1. The average Bonchev–Trinajstić information content (AvgIpc) is 2.17. The topological polar surface area (TPSA) is 67.9 Å². The Balaban J connectivity index is 2.16. The molecule has 2 aliphatic rings. The first-order valence-electron chi connectivity index (χ1n) is 4.16. The molecule has 0 aromatic heterocycles. The van der Waals surface area contributed by atoms with Crippen molar-refractivity contribution in [3.05, 3.63) is 12.3 Å². The molecule has 1 saturated heterocycles. The third-order valence-electron chi connectivity index (χ3n) is 2.11. The van der Waals surface area contributed by atoms with Crippen LogP contribution in [0.3, 0.4) is 0 Å². The van der Waals surface area contributed by atoms with E-state index in [4.69, 9.17) is 10.5 Å². The fourth-order valence-electron chi connectivity index (χ4n) is 1.40. The number of nitrogens with zero attached hydrogens (tertiary/aromatic N) is 2. The average molecular weight is 181 g/mol. The van der Waals surface area contributed by atoms with Gasteiger partial charge in [-0.2, -0.15) is 0 Å². The van der Waals surface area contributed by atoms with Gasteiger partial charge in [0.15, 0.2) is 0 Å². The normalized spacial score (nSPS) is 26.6. The summed E-state index contributed by atoms with van der Waals surface area (Å²) in [5.74, 6) is -0.485. The van der Waals surface area contributed by atoms with Crippen molar-refractivity contribution in [3.8, 4) is 0 Å². The zero-order valence-electron chi connectivity index (χ0n) is 7.14. The Labute approximate surface area is 75.9 Å². The molecule has 0 aromatic carbocycles. The number of ether oxygens (including phenoxy) is 1. The zero-order chi connectivity index (χ0) is 9.26. The molecule has 1 atom stereocenters. The standard InChI is InChI=1S/C8H11N3O2/c9-8(12)6-1-2-11-3-4-13-5-7(11)10-6/h1-2,7H,3-5H2,(H2,9,12). The van der Waals surface area contributed by atoms with Gasteiger partial charge in [-0.25, -0.2) is 0 Å². The van der Waals surface area contributed by atoms with E-state index < -0.39 is 5.91 Å². The Bertz CT molecular complexity index is 285. The number of carbonyl (C=O) groups excluding carboxylic acids is 1. The lowest BCUT2D eigenvalue weighted by Crippen LogP contribution is -2.44. The molecular weight excluding hydrogens is 170 g/mol. The molecule has 2 rings (SSSR count). The van der Waals surface area contributed by atoms with Crippen LogP contribution in [0.15, 0.2) is 17.3 Å². The number of rotatable bonds is 1. The summed E-state index contributed by atoms with van der Waals surface area (Å²) in [6.07, 6.45) is 3.42. The Morgan fingerprint density at radius 3 is 3.38 bits per heavy atom. The van der Waals surface area contributed by atoms with E-state index in [1.807, 2.05) is 11.1 Å². The van der Waals surface area contributed by atoms with E-state index >= 15 is 0 Å². The second-order valence-corrected chi connectivity index (χ2v) is 2.99. The number of morpholine rings is 1. The second-order valence-electron chi connectivity index (χ2n) is 2.99. The van der Waals surface area contributed by atoms with E-state index in [-0.39, 0.29) is 6.17 Å². The molecule has 2 aliphatic heterocycles. The summed E-state index contributed by atoms with van der Waals surface area (Å²) in [6, 6.07) is 0. The Morgan fingerprint density at radius 2 is 2.62 bits per heavy atom. The first-order valence-corrected chi connectivity index (χ1v) is 4.16. The van der Waals surface area contributed by atoms with E-state index in [0.29, 0.717) is 18.9 Å². The number of aliphatic imine (C=N–C) groups is 1. The molecule has 13 heavy (non-hydrogen) atoms. The van der Waals surface area contributed by atoms with Gasteiger partial charge in [-0.1, -0.05) is 0 Å². The van der Waals surface area contributed by atoms with Crippen molar-refractivity contribution in [2.75, 3.05) is 19.8 Å². The monoisotopic (exact) mass is 181 g/mol. The van der Waals surface area contributed by atoms with Crippen molar-refractivity contribution >= 4 is 11.6 Å². The molecule has 0 bridgehead atoms. The van der Waals surface area contributed by atoms with Crippen LogP contribution in [-0.4, -0.2) is 42.4 Å². The van der Waals surface area contributed by atoms with Gasteiger partial charge in [0.2, 0.25) is 0 Å². The maximum absolute atomic E-state index is 10.8. The van der Waals surface area contributed by atoms with Crippen molar-refractivity contribution in [1.29, 1.82) is 0 Å². The fourth-order valence-corrected chi connectivity index (χ4v) is 1.40. The van der Waals surface area contributed by atoms with Crippen LogP contribution in [-0.2, 0) is 9.53 Å². The Morgan fingerprint density at radius 1 is 1.77 bits per heavy atom. The van der Waals surface area contributed by atoms with Crippen LogP contribution >= 0.6 is 0 Å². The van der Waals surface area contributed by atoms with Gasteiger partial charge in [0.25, 0.3) is 5.91 Å². The number of hydrogen-bond acceptors (Lipinski definition) is 4. The van der Waals surface area contributed by atoms with Crippen molar-refractivity contribution in [1.82, 2.24) is 4.90 Å². The number of nitrogens with two attached hydrogens (primary N) is 1. The number of hydrogen-bond donors (Lipinski definition) is 1. The van der Waals surface area contributed by atoms with Crippen LogP contribution in [0.2, 0.25) is 0 Å². The highest BCUT2D eigenvalue weighted by Crippen LogP contribution is 2.12. The number of carbonyl (C=O) groups is 1. The summed E-state index contributed by atoms with van der Waals surface area (Å²) in [5, 5.41) is 0. The molecule has 70 valence electrons. The largest absolute Gasteiger partial charge is 0.375 e. The summed E-state index contributed by atoms with van der Waals surface area (Å²) in [5.41, 5.74) is 5.43. The molecule has 0 radical (unpaired) electrons. The van der Waals surface area contributed by atoms with Crippen LogP contribution < -0.4 is 5.73 Å². The van der Waals surface area contributed by atoms with E-state index in [9.17, 15) is 4.79 Å². The van der Waals surface area contributed by atoms with E-state index in [1.54, 1.807) is 6.08 Å².